The zero-order valence-corrected chi connectivity index (χ0v) is 13.8. The monoisotopic (exact) mass is 314 g/mol. The van der Waals surface area contributed by atoms with Crippen molar-refractivity contribution in [2.75, 3.05) is 26.7 Å². The maximum atomic E-state index is 12.6. The Bertz CT molecular complexity index is 697. The third kappa shape index (κ3) is 3.42. The predicted octanol–water partition coefficient (Wildman–Crippen LogP) is 1.74. The highest BCUT2D eigenvalue weighted by Gasteiger charge is 2.32. The van der Waals surface area contributed by atoms with Crippen molar-refractivity contribution in [3.63, 3.8) is 0 Å². The normalized spacial score (nSPS) is 19.1. The fraction of sp³-hybridized carbons (Fsp3) is 0.471. The summed E-state index contributed by atoms with van der Waals surface area (Å²) < 4.78 is 5.30. The number of aromatic nitrogens is 2. The molecule has 6 heteroatoms. The van der Waals surface area contributed by atoms with Crippen LogP contribution in [0.5, 0.6) is 0 Å². The Morgan fingerprint density at radius 3 is 2.78 bits per heavy atom. The molecule has 1 unspecified atom stereocenters. The summed E-state index contributed by atoms with van der Waals surface area (Å²) in [5.74, 6) is 1.35. The van der Waals surface area contributed by atoms with Crippen LogP contribution in [0.4, 0.5) is 0 Å². The zero-order chi connectivity index (χ0) is 16.4. The lowest BCUT2D eigenvalue weighted by Gasteiger charge is -2.37. The van der Waals surface area contributed by atoms with Crippen molar-refractivity contribution < 1.29 is 9.32 Å². The van der Waals surface area contributed by atoms with E-state index in [0.717, 1.165) is 24.2 Å². The highest BCUT2D eigenvalue weighted by molar-refractivity contribution is 5.79. The van der Waals surface area contributed by atoms with Crippen LogP contribution in [0.25, 0.3) is 0 Å². The van der Waals surface area contributed by atoms with Gasteiger partial charge < -0.3 is 9.42 Å². The number of carbonyl (C=O) groups is 1. The zero-order valence-electron chi connectivity index (χ0n) is 13.8. The third-order valence-electron chi connectivity index (χ3n) is 4.43. The van der Waals surface area contributed by atoms with E-state index in [1.165, 1.54) is 0 Å². The van der Waals surface area contributed by atoms with Gasteiger partial charge in [-0.05, 0) is 32.0 Å². The molecule has 1 atom stereocenters. The molecule has 122 valence electrons. The van der Waals surface area contributed by atoms with E-state index in [4.69, 9.17) is 4.52 Å². The van der Waals surface area contributed by atoms with Gasteiger partial charge in [0.2, 0.25) is 11.8 Å². The first-order chi connectivity index (χ1) is 11.0. The number of piperazine rings is 1. The Balaban J connectivity index is 1.71. The number of aryl methyl sites for hydroxylation is 2. The molecule has 3 rings (SSSR count). The number of likely N-dealkylation sites (N-methyl/N-ethyl adjacent to an activating group) is 1. The maximum Gasteiger partial charge on any atom is 0.245 e. The molecule has 0 saturated carbocycles. The Morgan fingerprint density at radius 2 is 2.09 bits per heavy atom. The number of rotatable bonds is 3. The van der Waals surface area contributed by atoms with Crippen LogP contribution in [0, 0.1) is 13.8 Å². The van der Waals surface area contributed by atoms with Crippen molar-refractivity contribution in [3.8, 4) is 0 Å². The maximum absolute atomic E-state index is 12.6. The minimum Gasteiger partial charge on any atom is -0.339 e. The van der Waals surface area contributed by atoms with Gasteiger partial charge >= 0.3 is 0 Å². The SMILES string of the molecule is Cc1noc(C2CN(C(=O)Cc3ccccc3C)CCN2C)n1. The van der Waals surface area contributed by atoms with Gasteiger partial charge in [-0.15, -0.1) is 0 Å². The molecule has 2 aromatic rings. The summed E-state index contributed by atoms with van der Waals surface area (Å²) in [4.78, 5) is 21.0. The van der Waals surface area contributed by atoms with Crippen molar-refractivity contribution in [3.05, 3.63) is 47.1 Å². The van der Waals surface area contributed by atoms with Gasteiger partial charge in [0.05, 0.1) is 6.42 Å². The summed E-state index contributed by atoms with van der Waals surface area (Å²) >= 11 is 0. The Hall–Kier alpha value is -2.21. The molecule has 0 N–H and O–H groups in total. The first-order valence-corrected chi connectivity index (χ1v) is 7.87. The van der Waals surface area contributed by atoms with Crippen molar-refractivity contribution in [1.29, 1.82) is 0 Å². The molecule has 0 bridgehead atoms. The Morgan fingerprint density at radius 1 is 1.30 bits per heavy atom. The lowest BCUT2D eigenvalue weighted by Crippen LogP contribution is -2.49. The summed E-state index contributed by atoms with van der Waals surface area (Å²) in [6, 6.07) is 7.99. The second-order valence-corrected chi connectivity index (χ2v) is 6.12. The molecule has 1 aromatic heterocycles. The van der Waals surface area contributed by atoms with Crippen LogP contribution < -0.4 is 0 Å². The largest absolute Gasteiger partial charge is 0.339 e. The van der Waals surface area contributed by atoms with Crippen LogP contribution in [-0.2, 0) is 11.2 Å². The average molecular weight is 314 g/mol. The Labute approximate surface area is 136 Å². The third-order valence-corrected chi connectivity index (χ3v) is 4.43. The second kappa shape index (κ2) is 6.50. The molecule has 1 aliphatic heterocycles. The molecule has 23 heavy (non-hydrogen) atoms. The van der Waals surface area contributed by atoms with Gasteiger partial charge in [-0.2, -0.15) is 4.98 Å². The molecule has 0 spiro atoms. The topological polar surface area (TPSA) is 62.5 Å². The molecule has 6 nitrogen and oxygen atoms in total. The van der Waals surface area contributed by atoms with Crippen molar-refractivity contribution >= 4 is 5.91 Å². The lowest BCUT2D eigenvalue weighted by molar-refractivity contribution is -0.133. The molecule has 1 aliphatic rings. The standard InChI is InChI=1S/C17H22N4O2/c1-12-6-4-5-7-14(12)10-16(22)21-9-8-20(3)15(11-21)17-18-13(2)19-23-17/h4-7,15H,8-11H2,1-3H3. The van der Waals surface area contributed by atoms with Crippen LogP contribution in [0.1, 0.15) is 28.9 Å². The number of hydrogen-bond acceptors (Lipinski definition) is 5. The van der Waals surface area contributed by atoms with Gasteiger partial charge in [0.1, 0.15) is 6.04 Å². The summed E-state index contributed by atoms with van der Waals surface area (Å²) in [6.07, 6.45) is 0.436. The molecule has 0 aliphatic carbocycles. The molecule has 1 saturated heterocycles. The van der Waals surface area contributed by atoms with Crippen LogP contribution in [0.15, 0.2) is 28.8 Å². The van der Waals surface area contributed by atoms with E-state index in [9.17, 15) is 4.79 Å². The van der Waals surface area contributed by atoms with Crippen molar-refractivity contribution in [2.45, 2.75) is 26.3 Å². The van der Waals surface area contributed by atoms with Gasteiger partial charge in [0, 0.05) is 19.6 Å². The van der Waals surface area contributed by atoms with Gasteiger partial charge in [0.25, 0.3) is 0 Å². The van der Waals surface area contributed by atoms with Gasteiger partial charge in [-0.25, -0.2) is 0 Å². The van der Waals surface area contributed by atoms with Crippen LogP contribution in [0.3, 0.4) is 0 Å². The first kappa shape index (κ1) is 15.7. The predicted molar refractivity (Wildman–Crippen MR) is 85.9 cm³/mol. The summed E-state index contributed by atoms with van der Waals surface area (Å²) in [7, 11) is 2.02. The fourth-order valence-electron chi connectivity index (χ4n) is 2.90. The van der Waals surface area contributed by atoms with E-state index in [-0.39, 0.29) is 11.9 Å². The van der Waals surface area contributed by atoms with E-state index in [1.54, 1.807) is 6.92 Å². The Kier molecular flexibility index (Phi) is 4.43. The molecule has 1 fully saturated rings. The van der Waals surface area contributed by atoms with Crippen LogP contribution >= 0.6 is 0 Å². The molecule has 0 radical (unpaired) electrons. The van der Waals surface area contributed by atoms with E-state index < -0.39 is 0 Å². The molecule has 1 aromatic carbocycles. The molecule has 1 amide bonds. The van der Waals surface area contributed by atoms with Crippen LogP contribution in [0.2, 0.25) is 0 Å². The van der Waals surface area contributed by atoms with Crippen molar-refractivity contribution in [2.24, 2.45) is 0 Å². The number of carbonyl (C=O) groups excluding carboxylic acids is 1. The highest BCUT2D eigenvalue weighted by atomic mass is 16.5. The smallest absolute Gasteiger partial charge is 0.245 e. The van der Waals surface area contributed by atoms with Crippen LogP contribution in [-0.4, -0.2) is 52.5 Å². The first-order valence-electron chi connectivity index (χ1n) is 7.87. The number of hydrogen-bond donors (Lipinski definition) is 0. The van der Waals surface area contributed by atoms with E-state index >= 15 is 0 Å². The number of amides is 1. The van der Waals surface area contributed by atoms with Gasteiger partial charge in [-0.1, -0.05) is 29.4 Å². The summed E-state index contributed by atoms with van der Waals surface area (Å²) in [6.45, 7) is 5.95. The summed E-state index contributed by atoms with van der Waals surface area (Å²) in [5, 5.41) is 3.86. The van der Waals surface area contributed by atoms with Gasteiger partial charge in [0.15, 0.2) is 5.82 Å². The highest BCUT2D eigenvalue weighted by Crippen LogP contribution is 2.23. The molecular weight excluding hydrogens is 292 g/mol. The minimum absolute atomic E-state index is 0.0363. The number of nitrogens with zero attached hydrogens (tertiary/aromatic N) is 4. The van der Waals surface area contributed by atoms with E-state index in [1.807, 2.05) is 43.1 Å². The summed E-state index contributed by atoms with van der Waals surface area (Å²) in [5.41, 5.74) is 2.24. The average Bonchev–Trinajstić information content (AvgIpc) is 2.96. The number of benzene rings is 1. The van der Waals surface area contributed by atoms with E-state index in [2.05, 4.69) is 15.0 Å². The van der Waals surface area contributed by atoms with Gasteiger partial charge in [-0.3, -0.25) is 9.69 Å². The second-order valence-electron chi connectivity index (χ2n) is 6.12. The van der Waals surface area contributed by atoms with Crippen molar-refractivity contribution in [1.82, 2.24) is 19.9 Å². The quantitative estimate of drug-likeness (QED) is 0.863. The molecular formula is C17H22N4O2. The lowest BCUT2D eigenvalue weighted by atomic mass is 10.0. The minimum atomic E-state index is -0.0363. The fourth-order valence-corrected chi connectivity index (χ4v) is 2.90. The molecule has 2 heterocycles. The van der Waals surface area contributed by atoms with E-state index in [0.29, 0.717) is 24.7 Å².